The SMILES string of the molecule is CC1CC(N)CN1C(=O)C(=O)NC(Cc1ccccn1)c1ccccc1. The van der Waals surface area contributed by atoms with E-state index in [1.165, 1.54) is 0 Å². The summed E-state index contributed by atoms with van der Waals surface area (Å²) >= 11 is 0. The summed E-state index contributed by atoms with van der Waals surface area (Å²) in [6.07, 6.45) is 2.95. The van der Waals surface area contributed by atoms with Gasteiger partial charge in [-0.3, -0.25) is 14.6 Å². The molecule has 1 aromatic carbocycles. The predicted octanol–water partition coefficient (Wildman–Crippen LogP) is 1.43. The lowest BCUT2D eigenvalue weighted by Crippen LogP contribution is -2.46. The van der Waals surface area contributed by atoms with Crippen LogP contribution in [0, 0.1) is 0 Å². The summed E-state index contributed by atoms with van der Waals surface area (Å²) in [6.45, 7) is 2.34. The van der Waals surface area contributed by atoms with Crippen LogP contribution in [0.25, 0.3) is 0 Å². The first-order valence-electron chi connectivity index (χ1n) is 8.86. The Morgan fingerprint density at radius 3 is 2.58 bits per heavy atom. The summed E-state index contributed by atoms with van der Waals surface area (Å²) in [5, 5.41) is 2.88. The Kier molecular flexibility index (Phi) is 5.63. The predicted molar refractivity (Wildman–Crippen MR) is 99.0 cm³/mol. The van der Waals surface area contributed by atoms with Gasteiger partial charge in [0.2, 0.25) is 0 Å². The number of likely N-dealkylation sites (tertiary alicyclic amines) is 1. The summed E-state index contributed by atoms with van der Waals surface area (Å²) < 4.78 is 0. The summed E-state index contributed by atoms with van der Waals surface area (Å²) in [5.41, 5.74) is 7.70. The van der Waals surface area contributed by atoms with Crippen LogP contribution in [0.5, 0.6) is 0 Å². The van der Waals surface area contributed by atoms with Gasteiger partial charge < -0.3 is 16.0 Å². The van der Waals surface area contributed by atoms with E-state index in [-0.39, 0.29) is 18.1 Å². The number of pyridine rings is 1. The average Bonchev–Trinajstić information content (AvgIpc) is 3.00. The first-order chi connectivity index (χ1) is 12.5. The van der Waals surface area contributed by atoms with Gasteiger partial charge >= 0.3 is 11.8 Å². The van der Waals surface area contributed by atoms with Gasteiger partial charge in [-0.25, -0.2) is 0 Å². The number of nitrogens with one attached hydrogen (secondary N) is 1. The van der Waals surface area contributed by atoms with Gasteiger partial charge in [-0.1, -0.05) is 36.4 Å². The van der Waals surface area contributed by atoms with Crippen LogP contribution in [0.2, 0.25) is 0 Å². The minimum absolute atomic E-state index is 0.0192. The van der Waals surface area contributed by atoms with E-state index >= 15 is 0 Å². The van der Waals surface area contributed by atoms with Crippen molar-refractivity contribution in [3.63, 3.8) is 0 Å². The van der Waals surface area contributed by atoms with Crippen LogP contribution in [0.4, 0.5) is 0 Å². The molecule has 26 heavy (non-hydrogen) atoms. The summed E-state index contributed by atoms with van der Waals surface area (Å²) in [4.78, 5) is 31.0. The summed E-state index contributed by atoms with van der Waals surface area (Å²) in [5.74, 6) is -1.12. The quantitative estimate of drug-likeness (QED) is 0.815. The molecule has 3 atom stereocenters. The summed E-state index contributed by atoms with van der Waals surface area (Å²) in [7, 11) is 0. The van der Waals surface area contributed by atoms with Gasteiger partial charge in [0.25, 0.3) is 0 Å². The molecule has 136 valence electrons. The molecule has 3 N–H and O–H groups in total. The van der Waals surface area contributed by atoms with Gasteiger partial charge in [-0.05, 0) is 31.0 Å². The van der Waals surface area contributed by atoms with E-state index in [4.69, 9.17) is 5.73 Å². The lowest BCUT2D eigenvalue weighted by Gasteiger charge is -2.23. The monoisotopic (exact) mass is 352 g/mol. The Morgan fingerprint density at radius 2 is 1.96 bits per heavy atom. The lowest BCUT2D eigenvalue weighted by molar-refractivity contribution is -0.146. The first-order valence-corrected chi connectivity index (χ1v) is 8.86. The van der Waals surface area contributed by atoms with E-state index in [1.807, 2.05) is 55.5 Å². The topological polar surface area (TPSA) is 88.3 Å². The number of hydrogen-bond donors (Lipinski definition) is 2. The fourth-order valence-electron chi connectivity index (χ4n) is 3.37. The van der Waals surface area contributed by atoms with Crippen molar-refractivity contribution in [2.45, 2.75) is 37.9 Å². The van der Waals surface area contributed by atoms with Crippen molar-refractivity contribution in [2.24, 2.45) is 5.73 Å². The normalized spacial score (nSPS) is 20.6. The molecule has 3 unspecified atom stereocenters. The van der Waals surface area contributed by atoms with E-state index in [1.54, 1.807) is 11.1 Å². The van der Waals surface area contributed by atoms with Crippen molar-refractivity contribution in [1.29, 1.82) is 0 Å². The largest absolute Gasteiger partial charge is 0.341 e. The van der Waals surface area contributed by atoms with Crippen molar-refractivity contribution in [3.05, 3.63) is 66.0 Å². The number of carbonyl (C=O) groups is 2. The van der Waals surface area contributed by atoms with Gasteiger partial charge in [-0.2, -0.15) is 0 Å². The number of nitrogens with zero attached hydrogens (tertiary/aromatic N) is 2. The van der Waals surface area contributed by atoms with Crippen LogP contribution in [0.1, 0.15) is 30.6 Å². The second-order valence-corrected chi connectivity index (χ2v) is 6.76. The maximum absolute atomic E-state index is 12.6. The molecule has 6 nitrogen and oxygen atoms in total. The van der Waals surface area contributed by atoms with Crippen molar-refractivity contribution in [2.75, 3.05) is 6.54 Å². The van der Waals surface area contributed by atoms with Gasteiger partial charge in [0.1, 0.15) is 0 Å². The molecule has 1 aliphatic heterocycles. The third-order valence-corrected chi connectivity index (χ3v) is 4.71. The molecular weight excluding hydrogens is 328 g/mol. The highest BCUT2D eigenvalue weighted by Crippen LogP contribution is 2.19. The van der Waals surface area contributed by atoms with Gasteiger partial charge in [0.05, 0.1) is 6.04 Å². The number of carbonyl (C=O) groups excluding carboxylic acids is 2. The van der Waals surface area contributed by atoms with Crippen molar-refractivity contribution in [1.82, 2.24) is 15.2 Å². The standard InChI is InChI=1S/C20H24N4O2/c1-14-11-16(21)13-24(14)20(26)19(25)23-18(15-7-3-2-4-8-15)12-17-9-5-6-10-22-17/h2-10,14,16,18H,11-13,21H2,1H3,(H,23,25). The lowest BCUT2D eigenvalue weighted by atomic mass is 10.0. The Bertz CT molecular complexity index is 751. The molecule has 3 rings (SSSR count). The Hall–Kier alpha value is -2.73. The highest BCUT2D eigenvalue weighted by Gasteiger charge is 2.34. The molecular formula is C20H24N4O2. The zero-order valence-corrected chi connectivity index (χ0v) is 14.8. The van der Waals surface area contributed by atoms with Crippen LogP contribution in [0.3, 0.4) is 0 Å². The zero-order chi connectivity index (χ0) is 18.5. The maximum Gasteiger partial charge on any atom is 0.312 e. The van der Waals surface area contributed by atoms with Crippen LogP contribution in [0.15, 0.2) is 54.7 Å². The molecule has 0 saturated carbocycles. The molecule has 2 aromatic rings. The fourth-order valence-corrected chi connectivity index (χ4v) is 3.37. The molecule has 2 amide bonds. The first kappa shape index (κ1) is 18.1. The minimum atomic E-state index is -0.601. The molecule has 0 bridgehead atoms. The third kappa shape index (κ3) is 4.26. The highest BCUT2D eigenvalue weighted by molar-refractivity contribution is 6.35. The minimum Gasteiger partial charge on any atom is -0.341 e. The molecule has 0 spiro atoms. The summed E-state index contributed by atoms with van der Waals surface area (Å²) in [6, 6.07) is 14.9. The number of hydrogen-bond acceptors (Lipinski definition) is 4. The van der Waals surface area contributed by atoms with Gasteiger partial charge in [0.15, 0.2) is 0 Å². The Balaban J connectivity index is 1.75. The van der Waals surface area contributed by atoms with Gasteiger partial charge in [-0.15, -0.1) is 0 Å². The number of aromatic nitrogens is 1. The third-order valence-electron chi connectivity index (χ3n) is 4.71. The zero-order valence-electron chi connectivity index (χ0n) is 14.8. The smallest absolute Gasteiger partial charge is 0.312 e. The van der Waals surface area contributed by atoms with Crippen LogP contribution < -0.4 is 11.1 Å². The molecule has 1 saturated heterocycles. The number of benzene rings is 1. The number of rotatable bonds is 4. The molecule has 0 aliphatic carbocycles. The molecule has 6 heteroatoms. The molecule has 1 aliphatic rings. The van der Waals surface area contributed by atoms with E-state index in [0.717, 1.165) is 17.7 Å². The Morgan fingerprint density at radius 1 is 1.23 bits per heavy atom. The highest BCUT2D eigenvalue weighted by atomic mass is 16.2. The molecule has 1 fully saturated rings. The van der Waals surface area contributed by atoms with Crippen LogP contribution >= 0.6 is 0 Å². The van der Waals surface area contributed by atoms with Crippen molar-refractivity contribution in [3.8, 4) is 0 Å². The van der Waals surface area contributed by atoms with E-state index in [9.17, 15) is 9.59 Å². The number of amides is 2. The van der Waals surface area contributed by atoms with E-state index < -0.39 is 11.8 Å². The van der Waals surface area contributed by atoms with Gasteiger partial charge in [0, 0.05) is 36.9 Å². The Labute approximate surface area is 153 Å². The molecule has 2 heterocycles. The van der Waals surface area contributed by atoms with Crippen LogP contribution in [-0.4, -0.2) is 40.3 Å². The van der Waals surface area contributed by atoms with Crippen molar-refractivity contribution < 1.29 is 9.59 Å². The van der Waals surface area contributed by atoms with Crippen molar-refractivity contribution >= 4 is 11.8 Å². The number of nitrogens with two attached hydrogens (primary N) is 1. The molecule has 0 radical (unpaired) electrons. The van der Waals surface area contributed by atoms with E-state index in [0.29, 0.717) is 13.0 Å². The molecule has 1 aromatic heterocycles. The average molecular weight is 352 g/mol. The van der Waals surface area contributed by atoms with Crippen LogP contribution in [-0.2, 0) is 16.0 Å². The fraction of sp³-hybridized carbons (Fsp3) is 0.350. The van der Waals surface area contributed by atoms with E-state index in [2.05, 4.69) is 10.3 Å². The maximum atomic E-state index is 12.6. The second-order valence-electron chi connectivity index (χ2n) is 6.76. The second kappa shape index (κ2) is 8.10.